The Morgan fingerprint density at radius 2 is 1.81 bits per heavy atom. The maximum atomic E-state index is 5.47. The van der Waals surface area contributed by atoms with Crippen LogP contribution in [0.15, 0.2) is 4.99 Å². The van der Waals surface area contributed by atoms with Crippen molar-refractivity contribution in [3.8, 4) is 0 Å². The first kappa shape index (κ1) is 15.8. The third-order valence-corrected chi connectivity index (χ3v) is 5.21. The summed E-state index contributed by atoms with van der Waals surface area (Å²) in [7, 11) is 1.74. The van der Waals surface area contributed by atoms with Gasteiger partial charge >= 0.3 is 9.28 Å². The predicted molar refractivity (Wildman–Crippen MR) is 72.4 cm³/mol. The first-order chi connectivity index (χ1) is 7.39. The summed E-state index contributed by atoms with van der Waals surface area (Å²) in [6, 6.07) is 0. The summed E-state index contributed by atoms with van der Waals surface area (Å²) in [5.74, 6) is 0.648. The molecule has 1 atom stereocenters. The summed E-state index contributed by atoms with van der Waals surface area (Å²) in [5, 5.41) is -0.150. The van der Waals surface area contributed by atoms with Crippen LogP contribution < -0.4 is 0 Å². The molecule has 3 nitrogen and oxygen atoms in total. The van der Waals surface area contributed by atoms with E-state index < -0.39 is 9.28 Å². The Balaban J connectivity index is 4.81. The van der Waals surface area contributed by atoms with Crippen LogP contribution in [0.1, 0.15) is 47.5 Å². The molecule has 0 saturated carbocycles. The molecule has 0 spiro atoms. The first-order valence-electron chi connectivity index (χ1n) is 6.00. The molecule has 0 rings (SSSR count). The Labute approximate surface area is 102 Å². The van der Waals surface area contributed by atoms with Crippen molar-refractivity contribution in [3.63, 3.8) is 0 Å². The van der Waals surface area contributed by atoms with Gasteiger partial charge in [0.25, 0.3) is 0 Å². The molecule has 4 heteroatoms. The van der Waals surface area contributed by atoms with Crippen molar-refractivity contribution in [1.29, 1.82) is 0 Å². The summed E-state index contributed by atoms with van der Waals surface area (Å²) in [4.78, 5) is 4.84. The van der Waals surface area contributed by atoms with Crippen molar-refractivity contribution in [3.05, 3.63) is 0 Å². The van der Waals surface area contributed by atoms with Crippen LogP contribution in [0.25, 0.3) is 0 Å². The maximum absolute atomic E-state index is 5.47. The van der Waals surface area contributed by atoms with Gasteiger partial charge in [0.05, 0.1) is 5.16 Å². The van der Waals surface area contributed by atoms with Crippen molar-refractivity contribution < 1.29 is 8.85 Å². The minimum Gasteiger partial charge on any atom is -0.399 e. The fraction of sp³-hybridized carbons (Fsp3) is 0.917. The third-order valence-electron chi connectivity index (χ3n) is 2.80. The molecule has 0 radical (unpaired) electrons. The average Bonchev–Trinajstić information content (AvgIpc) is 2.17. The highest BCUT2D eigenvalue weighted by Crippen LogP contribution is 2.21. The van der Waals surface area contributed by atoms with Crippen molar-refractivity contribution in [2.45, 2.75) is 52.6 Å². The molecule has 0 fully saturated rings. The van der Waals surface area contributed by atoms with E-state index in [0.29, 0.717) is 5.92 Å². The number of hydrogen-bond donors (Lipinski definition) is 0. The molecule has 0 amide bonds. The Hall–Kier alpha value is -0.193. The lowest BCUT2D eigenvalue weighted by molar-refractivity contribution is 0.244. The molecular formula is C12H27NO2Si. The molecule has 1 unspecified atom stereocenters. The smallest absolute Gasteiger partial charge is 0.349 e. The average molecular weight is 245 g/mol. The van der Waals surface area contributed by atoms with Gasteiger partial charge in [-0.3, -0.25) is 4.99 Å². The van der Waals surface area contributed by atoms with E-state index in [-0.39, 0.29) is 5.16 Å². The summed E-state index contributed by atoms with van der Waals surface area (Å²) < 4.78 is 10.9. The summed E-state index contributed by atoms with van der Waals surface area (Å²) in [6.07, 6.45) is 2.01. The van der Waals surface area contributed by atoms with Crippen molar-refractivity contribution >= 4 is 15.0 Å². The van der Waals surface area contributed by atoms with Crippen molar-refractivity contribution in [2.75, 3.05) is 14.2 Å². The highest BCUT2D eigenvalue weighted by molar-refractivity contribution is 6.48. The van der Waals surface area contributed by atoms with Crippen LogP contribution in [0.4, 0.5) is 0 Å². The van der Waals surface area contributed by atoms with Gasteiger partial charge in [-0.15, -0.1) is 0 Å². The normalized spacial score (nSPS) is 16.9. The minimum atomic E-state index is -1.71. The monoisotopic (exact) mass is 245 g/mol. The predicted octanol–water partition coefficient (Wildman–Crippen LogP) is 2.71. The molecule has 0 aliphatic rings. The molecule has 0 bridgehead atoms. The highest BCUT2D eigenvalue weighted by atomic mass is 28.3. The third kappa shape index (κ3) is 4.76. The molecule has 16 heavy (non-hydrogen) atoms. The standard InChI is InChI=1S/C12H27NO2Si/c1-8-12(5,16(14-6)15-7)13-11(4)9-10(2)3/h10,16H,8-9H2,1-7H3. The number of hydrogen-bond acceptors (Lipinski definition) is 3. The molecule has 96 valence electrons. The molecule has 0 heterocycles. The molecule has 0 aromatic carbocycles. The van der Waals surface area contributed by atoms with Gasteiger partial charge in [0.2, 0.25) is 0 Å². The van der Waals surface area contributed by atoms with Crippen LogP contribution in [0.5, 0.6) is 0 Å². The van der Waals surface area contributed by atoms with Crippen LogP contribution in [-0.2, 0) is 8.85 Å². The van der Waals surface area contributed by atoms with Crippen LogP contribution in [0.3, 0.4) is 0 Å². The summed E-state index contributed by atoms with van der Waals surface area (Å²) in [5.41, 5.74) is 1.20. The van der Waals surface area contributed by atoms with E-state index in [1.165, 1.54) is 5.71 Å². The molecule has 0 saturated heterocycles. The van der Waals surface area contributed by atoms with Gasteiger partial charge in [-0.1, -0.05) is 20.8 Å². The Kier molecular flexibility index (Phi) is 7.11. The van der Waals surface area contributed by atoms with E-state index in [1.807, 2.05) is 0 Å². The SMILES string of the molecule is CCC(C)(N=C(C)CC(C)C)[SiH](OC)OC. The lowest BCUT2D eigenvalue weighted by Crippen LogP contribution is -2.45. The second-order valence-corrected chi connectivity index (χ2v) is 7.81. The summed E-state index contributed by atoms with van der Waals surface area (Å²) >= 11 is 0. The van der Waals surface area contributed by atoms with Gasteiger partial charge < -0.3 is 8.85 Å². The fourth-order valence-electron chi connectivity index (χ4n) is 1.97. The first-order valence-corrected chi connectivity index (χ1v) is 7.52. The molecule has 0 aromatic heterocycles. The zero-order valence-electron chi connectivity index (χ0n) is 11.8. The summed E-state index contributed by atoms with van der Waals surface area (Å²) in [6.45, 7) is 10.8. The lowest BCUT2D eigenvalue weighted by Gasteiger charge is -2.30. The second-order valence-electron chi connectivity index (χ2n) is 4.96. The van der Waals surface area contributed by atoms with E-state index in [1.54, 1.807) is 14.2 Å². The molecule has 0 aliphatic heterocycles. The zero-order valence-corrected chi connectivity index (χ0v) is 13.0. The van der Waals surface area contributed by atoms with Gasteiger partial charge in [0.15, 0.2) is 0 Å². The van der Waals surface area contributed by atoms with Crippen LogP contribution >= 0.6 is 0 Å². The van der Waals surface area contributed by atoms with E-state index in [2.05, 4.69) is 34.6 Å². The number of rotatable bonds is 7. The van der Waals surface area contributed by atoms with Crippen molar-refractivity contribution in [2.24, 2.45) is 10.9 Å². The largest absolute Gasteiger partial charge is 0.399 e. The maximum Gasteiger partial charge on any atom is 0.349 e. The Morgan fingerprint density at radius 3 is 2.12 bits per heavy atom. The minimum absolute atomic E-state index is 0.150. The van der Waals surface area contributed by atoms with Crippen LogP contribution in [0.2, 0.25) is 0 Å². The van der Waals surface area contributed by atoms with Gasteiger partial charge in [-0.2, -0.15) is 0 Å². The van der Waals surface area contributed by atoms with Crippen LogP contribution in [0, 0.1) is 5.92 Å². The molecular weight excluding hydrogens is 218 g/mol. The number of nitrogens with zero attached hydrogens (tertiary/aromatic N) is 1. The van der Waals surface area contributed by atoms with Crippen molar-refractivity contribution in [1.82, 2.24) is 0 Å². The lowest BCUT2D eigenvalue weighted by atomic mass is 10.1. The molecule has 0 aromatic rings. The molecule has 0 aliphatic carbocycles. The Bertz CT molecular complexity index is 227. The van der Waals surface area contributed by atoms with E-state index in [9.17, 15) is 0 Å². The molecule has 0 N–H and O–H groups in total. The fourth-order valence-corrected chi connectivity index (χ4v) is 3.84. The Morgan fingerprint density at radius 1 is 1.31 bits per heavy atom. The second kappa shape index (κ2) is 7.19. The van der Waals surface area contributed by atoms with Gasteiger partial charge in [-0.05, 0) is 32.6 Å². The van der Waals surface area contributed by atoms with E-state index >= 15 is 0 Å². The van der Waals surface area contributed by atoms with Gasteiger partial charge in [0.1, 0.15) is 0 Å². The van der Waals surface area contributed by atoms with E-state index in [4.69, 9.17) is 13.8 Å². The topological polar surface area (TPSA) is 30.8 Å². The quantitative estimate of drug-likeness (QED) is 0.510. The van der Waals surface area contributed by atoms with Gasteiger partial charge in [0, 0.05) is 19.9 Å². The van der Waals surface area contributed by atoms with Gasteiger partial charge in [-0.25, -0.2) is 0 Å². The van der Waals surface area contributed by atoms with E-state index in [0.717, 1.165) is 12.8 Å². The zero-order chi connectivity index (χ0) is 12.8. The van der Waals surface area contributed by atoms with Crippen LogP contribution in [-0.4, -0.2) is 34.4 Å². The number of aliphatic imine (C=N–C) groups is 1. The highest BCUT2D eigenvalue weighted by Gasteiger charge is 2.35.